The van der Waals surface area contributed by atoms with Gasteiger partial charge in [-0.2, -0.15) is 0 Å². The zero-order valence-electron chi connectivity index (χ0n) is 17.9. The lowest BCUT2D eigenvalue weighted by Crippen LogP contribution is -2.43. The fourth-order valence-corrected chi connectivity index (χ4v) is 4.38. The third-order valence-electron chi connectivity index (χ3n) is 6.02. The first-order valence-electron chi connectivity index (χ1n) is 10.4. The van der Waals surface area contributed by atoms with E-state index >= 15 is 0 Å². The van der Waals surface area contributed by atoms with E-state index in [1.54, 1.807) is 0 Å². The second-order valence-corrected chi connectivity index (χ2v) is 7.83. The molecule has 1 aliphatic rings. The van der Waals surface area contributed by atoms with Gasteiger partial charge in [-0.15, -0.1) is 0 Å². The van der Waals surface area contributed by atoms with E-state index in [0.29, 0.717) is 17.5 Å². The molecule has 1 N–H and O–H groups in total. The first-order chi connectivity index (χ1) is 14.9. The van der Waals surface area contributed by atoms with Crippen molar-refractivity contribution in [1.82, 2.24) is 14.8 Å². The number of nitrogens with one attached hydrogen (secondary N) is 1. The smallest absolute Gasteiger partial charge is 0.319 e. The van der Waals surface area contributed by atoms with Crippen molar-refractivity contribution in [3.63, 3.8) is 0 Å². The summed E-state index contributed by atoms with van der Waals surface area (Å²) in [6.45, 7) is 5.36. The van der Waals surface area contributed by atoms with Crippen LogP contribution in [-0.4, -0.2) is 33.7 Å². The van der Waals surface area contributed by atoms with Gasteiger partial charge in [-0.05, 0) is 44.0 Å². The van der Waals surface area contributed by atoms with E-state index in [0.717, 1.165) is 22.0 Å². The van der Waals surface area contributed by atoms with Crippen LogP contribution in [0.3, 0.4) is 0 Å². The molecule has 1 unspecified atom stereocenters. The average molecular weight is 415 g/mol. The summed E-state index contributed by atoms with van der Waals surface area (Å²) >= 11 is 0. The molecule has 0 spiro atoms. The van der Waals surface area contributed by atoms with Crippen LogP contribution in [0.1, 0.15) is 40.7 Å². The molecule has 0 aliphatic carbocycles. The van der Waals surface area contributed by atoms with Crippen LogP contribution >= 0.6 is 0 Å². The maximum absolute atomic E-state index is 13.3. The Bertz CT molecular complexity index is 1150. The van der Waals surface area contributed by atoms with Crippen LogP contribution < -0.4 is 5.32 Å². The Labute approximate surface area is 181 Å². The number of Topliss-reactive ketones (excluding diaryl/α,β-unsaturated/α-hetero) is 1. The van der Waals surface area contributed by atoms with E-state index in [-0.39, 0.29) is 12.3 Å². The number of rotatable bonds is 6. The van der Waals surface area contributed by atoms with Crippen LogP contribution in [0, 0.1) is 13.8 Å². The molecule has 1 atom stereocenters. The van der Waals surface area contributed by atoms with Crippen LogP contribution in [0.4, 0.5) is 4.79 Å². The van der Waals surface area contributed by atoms with Gasteiger partial charge in [0.05, 0.1) is 6.54 Å². The van der Waals surface area contributed by atoms with Crippen molar-refractivity contribution >= 4 is 17.7 Å². The number of urea groups is 1. The highest BCUT2D eigenvalue weighted by molar-refractivity contribution is 6.11. The van der Waals surface area contributed by atoms with Crippen LogP contribution in [0.5, 0.6) is 0 Å². The Morgan fingerprint density at radius 2 is 1.58 bits per heavy atom. The third kappa shape index (κ3) is 3.34. The molecule has 1 aromatic heterocycles. The van der Waals surface area contributed by atoms with Gasteiger partial charge in [-0.25, -0.2) is 4.79 Å². The molecule has 1 fully saturated rings. The minimum Gasteiger partial charge on any atom is -0.319 e. The molecule has 2 heterocycles. The van der Waals surface area contributed by atoms with Gasteiger partial charge in [-0.3, -0.25) is 14.5 Å². The molecule has 1 aliphatic heterocycles. The topological polar surface area (TPSA) is 71.4 Å². The van der Waals surface area contributed by atoms with Gasteiger partial charge in [0.2, 0.25) is 0 Å². The lowest BCUT2D eigenvalue weighted by atomic mass is 9.87. The highest BCUT2D eigenvalue weighted by Gasteiger charge is 2.51. The zero-order chi connectivity index (χ0) is 22.2. The number of carbonyl (C=O) groups is 3. The average Bonchev–Trinajstić information content (AvgIpc) is 3.22. The number of amides is 3. The molecule has 31 heavy (non-hydrogen) atoms. The molecule has 0 radical (unpaired) electrons. The summed E-state index contributed by atoms with van der Waals surface area (Å²) in [6, 6.07) is 20.2. The number of aromatic nitrogens is 1. The molecular weight excluding hydrogens is 390 g/mol. The van der Waals surface area contributed by atoms with Crippen molar-refractivity contribution in [3.05, 3.63) is 89.2 Å². The lowest BCUT2D eigenvalue weighted by molar-refractivity contribution is -0.131. The van der Waals surface area contributed by atoms with E-state index in [1.165, 1.54) is 0 Å². The Hall–Kier alpha value is -3.67. The minimum absolute atomic E-state index is 0.265. The summed E-state index contributed by atoms with van der Waals surface area (Å²) in [7, 11) is 0. The Morgan fingerprint density at radius 3 is 2.19 bits per heavy atom. The summed E-state index contributed by atoms with van der Waals surface area (Å²) in [4.78, 5) is 40.2. The minimum atomic E-state index is -1.14. The van der Waals surface area contributed by atoms with Crippen molar-refractivity contribution in [2.45, 2.75) is 32.7 Å². The van der Waals surface area contributed by atoms with Gasteiger partial charge in [0.25, 0.3) is 5.91 Å². The Kier molecular flexibility index (Phi) is 5.23. The van der Waals surface area contributed by atoms with E-state index in [9.17, 15) is 14.4 Å². The molecule has 3 amide bonds. The first kappa shape index (κ1) is 20.6. The zero-order valence-corrected chi connectivity index (χ0v) is 17.9. The largest absolute Gasteiger partial charge is 0.325 e. The van der Waals surface area contributed by atoms with Gasteiger partial charge < -0.3 is 9.88 Å². The summed E-state index contributed by atoms with van der Waals surface area (Å²) < 4.78 is 2.00. The number of hydrogen-bond donors (Lipinski definition) is 1. The number of para-hydroxylation sites is 1. The number of aryl methyl sites for hydroxylation is 1. The molecule has 158 valence electrons. The summed E-state index contributed by atoms with van der Waals surface area (Å²) in [5, 5.41) is 2.83. The quantitative estimate of drug-likeness (QED) is 0.486. The van der Waals surface area contributed by atoms with Gasteiger partial charge in [-0.1, -0.05) is 55.5 Å². The third-order valence-corrected chi connectivity index (χ3v) is 6.02. The Morgan fingerprint density at radius 1 is 0.968 bits per heavy atom. The molecule has 3 aromatic rings. The van der Waals surface area contributed by atoms with Gasteiger partial charge in [0.1, 0.15) is 5.54 Å². The number of benzene rings is 2. The van der Waals surface area contributed by atoms with Crippen molar-refractivity contribution < 1.29 is 14.4 Å². The molecule has 6 nitrogen and oxygen atoms in total. The molecular formula is C25H25N3O3. The number of nitrogens with zero attached hydrogens (tertiary/aromatic N) is 2. The summed E-state index contributed by atoms with van der Waals surface area (Å²) in [6.07, 6.45) is 0.398. The van der Waals surface area contributed by atoms with E-state index in [1.807, 2.05) is 92.1 Å². The highest BCUT2D eigenvalue weighted by Crippen LogP contribution is 2.32. The monoisotopic (exact) mass is 415 g/mol. The Balaban J connectivity index is 1.63. The fourth-order valence-electron chi connectivity index (χ4n) is 4.38. The molecule has 2 aromatic carbocycles. The maximum Gasteiger partial charge on any atom is 0.325 e. The van der Waals surface area contributed by atoms with Crippen molar-refractivity contribution in [2.24, 2.45) is 0 Å². The second kappa shape index (κ2) is 7.87. The number of ketones is 1. The molecule has 6 heteroatoms. The van der Waals surface area contributed by atoms with E-state index in [4.69, 9.17) is 0 Å². The van der Waals surface area contributed by atoms with Crippen molar-refractivity contribution in [2.75, 3.05) is 6.54 Å². The van der Waals surface area contributed by atoms with Crippen LogP contribution in [0.2, 0.25) is 0 Å². The SMILES string of the molecule is CCC1(c2ccccc2)NC(=O)N(CC(=O)c2cc(C)n(-c3ccccc3)c2C)C1=O. The van der Waals surface area contributed by atoms with E-state index < -0.39 is 17.5 Å². The molecule has 4 rings (SSSR count). The van der Waals surface area contributed by atoms with Crippen LogP contribution in [-0.2, 0) is 10.3 Å². The second-order valence-electron chi connectivity index (χ2n) is 7.83. The maximum atomic E-state index is 13.3. The van der Waals surface area contributed by atoms with Crippen molar-refractivity contribution in [3.8, 4) is 5.69 Å². The standard InChI is InChI=1S/C25H25N3O3/c1-4-25(19-11-7-5-8-12-19)23(30)27(24(31)26-25)16-22(29)21-15-17(2)28(18(21)3)20-13-9-6-10-14-20/h5-15H,4,16H2,1-3H3,(H,26,31). The normalized spacial score (nSPS) is 18.4. The predicted molar refractivity (Wildman–Crippen MR) is 118 cm³/mol. The van der Waals surface area contributed by atoms with Gasteiger partial charge >= 0.3 is 6.03 Å². The van der Waals surface area contributed by atoms with Crippen LogP contribution in [0.25, 0.3) is 5.69 Å². The molecule has 1 saturated heterocycles. The fraction of sp³-hybridized carbons (Fsp3) is 0.240. The number of imide groups is 1. The predicted octanol–water partition coefficient (Wildman–Crippen LogP) is 4.13. The lowest BCUT2D eigenvalue weighted by Gasteiger charge is -2.25. The highest BCUT2D eigenvalue weighted by atomic mass is 16.2. The van der Waals surface area contributed by atoms with Gasteiger partial charge in [0, 0.05) is 22.6 Å². The number of hydrogen-bond acceptors (Lipinski definition) is 3. The molecule has 0 saturated carbocycles. The van der Waals surface area contributed by atoms with Crippen LogP contribution in [0.15, 0.2) is 66.7 Å². The number of carbonyl (C=O) groups excluding carboxylic acids is 3. The van der Waals surface area contributed by atoms with Crippen molar-refractivity contribution in [1.29, 1.82) is 0 Å². The summed E-state index contributed by atoms with van der Waals surface area (Å²) in [5.74, 6) is -0.657. The molecule has 0 bridgehead atoms. The first-order valence-corrected chi connectivity index (χ1v) is 10.4. The van der Waals surface area contributed by atoms with Gasteiger partial charge in [0.15, 0.2) is 5.78 Å². The van der Waals surface area contributed by atoms with E-state index in [2.05, 4.69) is 5.32 Å². The summed E-state index contributed by atoms with van der Waals surface area (Å²) in [5.41, 5.74) is 2.74.